The van der Waals surface area contributed by atoms with E-state index < -0.39 is 0 Å². The molecule has 3 aromatic carbocycles. The molecule has 0 saturated heterocycles. The van der Waals surface area contributed by atoms with Gasteiger partial charge in [-0.05, 0) is 35.9 Å². The van der Waals surface area contributed by atoms with Gasteiger partial charge in [0.05, 0.1) is 11.9 Å². The van der Waals surface area contributed by atoms with Gasteiger partial charge in [-0.1, -0.05) is 30.3 Å². The normalized spacial score (nSPS) is 11.4. The van der Waals surface area contributed by atoms with E-state index in [0.29, 0.717) is 33.9 Å². The number of hydrogen-bond donors (Lipinski definition) is 3. The highest BCUT2D eigenvalue weighted by Crippen LogP contribution is 2.36. The summed E-state index contributed by atoms with van der Waals surface area (Å²) < 4.78 is 7.33. The minimum absolute atomic E-state index is 0.0918. The van der Waals surface area contributed by atoms with Crippen molar-refractivity contribution in [2.24, 2.45) is 0 Å². The first-order valence-corrected chi connectivity index (χ1v) is 8.82. The predicted octanol–water partition coefficient (Wildman–Crippen LogP) is 4.06. The van der Waals surface area contributed by atoms with E-state index in [1.165, 1.54) is 10.7 Å². The van der Waals surface area contributed by atoms with Crippen LogP contribution in [-0.2, 0) is 6.54 Å². The van der Waals surface area contributed by atoms with E-state index in [4.69, 9.17) is 4.42 Å². The molecule has 5 aromatic rings. The highest BCUT2D eigenvalue weighted by Gasteiger charge is 2.17. The fraction of sp³-hybridized carbons (Fsp3) is 0.0455. The number of phenolic OH excluding ortho intramolecular Hbond substituents is 1. The summed E-state index contributed by atoms with van der Waals surface area (Å²) in [5, 5.41) is 22.8. The Morgan fingerprint density at radius 1 is 0.893 bits per heavy atom. The minimum Gasteiger partial charge on any atom is -0.508 e. The molecule has 138 valence electrons. The second-order valence-electron chi connectivity index (χ2n) is 6.65. The first kappa shape index (κ1) is 16.3. The molecule has 0 spiro atoms. The number of aromatic nitrogens is 1. The second kappa shape index (κ2) is 6.06. The van der Waals surface area contributed by atoms with Crippen LogP contribution in [0.1, 0.15) is 5.56 Å². The Hall–Kier alpha value is -3.93. The summed E-state index contributed by atoms with van der Waals surface area (Å²) in [5.74, 6) is -0.0946. The topological polar surface area (TPSA) is 87.6 Å². The largest absolute Gasteiger partial charge is 0.508 e. The zero-order valence-corrected chi connectivity index (χ0v) is 14.7. The van der Waals surface area contributed by atoms with Crippen LogP contribution in [0.15, 0.2) is 76.1 Å². The highest BCUT2D eigenvalue weighted by molar-refractivity contribution is 6.18. The summed E-state index contributed by atoms with van der Waals surface area (Å²) in [4.78, 5) is 12.5. The lowest BCUT2D eigenvalue weighted by Gasteiger charge is -2.17. The van der Waals surface area contributed by atoms with Crippen molar-refractivity contribution in [3.8, 4) is 11.6 Å². The maximum atomic E-state index is 12.5. The molecule has 6 nitrogen and oxygen atoms in total. The van der Waals surface area contributed by atoms with Crippen molar-refractivity contribution in [3.63, 3.8) is 0 Å². The van der Waals surface area contributed by atoms with Crippen LogP contribution < -0.4 is 10.9 Å². The molecule has 5 rings (SSSR count). The number of benzene rings is 3. The van der Waals surface area contributed by atoms with Crippen molar-refractivity contribution in [2.75, 3.05) is 5.43 Å². The van der Waals surface area contributed by atoms with Gasteiger partial charge in [-0.25, -0.2) is 4.68 Å². The lowest BCUT2D eigenvalue weighted by atomic mass is 10.0. The molecule has 0 aliphatic carbocycles. The van der Waals surface area contributed by atoms with Gasteiger partial charge in [0.2, 0.25) is 5.88 Å². The number of nitrogens with zero attached hydrogens (tertiary/aromatic N) is 1. The van der Waals surface area contributed by atoms with Crippen molar-refractivity contribution < 1.29 is 14.6 Å². The molecule has 0 saturated carbocycles. The Morgan fingerprint density at radius 3 is 2.50 bits per heavy atom. The average molecular weight is 372 g/mol. The molecule has 0 aliphatic heterocycles. The summed E-state index contributed by atoms with van der Waals surface area (Å²) >= 11 is 0. The van der Waals surface area contributed by atoms with Gasteiger partial charge in [-0.3, -0.25) is 4.79 Å². The van der Waals surface area contributed by atoms with E-state index in [1.807, 2.05) is 30.3 Å². The predicted molar refractivity (Wildman–Crippen MR) is 108 cm³/mol. The van der Waals surface area contributed by atoms with Crippen LogP contribution in [0.4, 0.5) is 0 Å². The van der Waals surface area contributed by atoms with Crippen LogP contribution >= 0.6 is 0 Å². The number of pyridine rings is 1. The number of hydrogen-bond acceptors (Lipinski definition) is 5. The van der Waals surface area contributed by atoms with E-state index in [0.717, 1.165) is 5.56 Å². The lowest BCUT2D eigenvalue weighted by Crippen LogP contribution is -2.16. The first-order valence-electron chi connectivity index (χ1n) is 8.82. The lowest BCUT2D eigenvalue weighted by molar-refractivity contribution is 0.434. The number of phenols is 1. The minimum atomic E-state index is -0.305. The van der Waals surface area contributed by atoms with Gasteiger partial charge >= 0.3 is 0 Å². The van der Waals surface area contributed by atoms with E-state index >= 15 is 0 Å². The number of rotatable bonds is 3. The molecular weight excluding hydrogens is 356 g/mol. The quantitative estimate of drug-likeness (QED) is 0.328. The van der Waals surface area contributed by atoms with Gasteiger partial charge in [0.25, 0.3) is 0 Å². The number of nitrogens with one attached hydrogen (secondary N) is 1. The van der Waals surface area contributed by atoms with E-state index in [2.05, 4.69) is 5.43 Å². The molecule has 3 N–H and O–H groups in total. The zero-order valence-electron chi connectivity index (χ0n) is 14.7. The first-order chi connectivity index (χ1) is 13.6. The highest BCUT2D eigenvalue weighted by atomic mass is 16.3. The third-order valence-electron chi connectivity index (χ3n) is 4.88. The van der Waals surface area contributed by atoms with Gasteiger partial charge in [0, 0.05) is 22.4 Å². The van der Waals surface area contributed by atoms with Crippen LogP contribution in [0.25, 0.3) is 32.7 Å². The van der Waals surface area contributed by atoms with Crippen LogP contribution in [0.5, 0.6) is 11.6 Å². The Labute approximate surface area is 158 Å². The summed E-state index contributed by atoms with van der Waals surface area (Å²) in [7, 11) is 0. The number of fused-ring (bicyclic) bond motifs is 2. The van der Waals surface area contributed by atoms with Gasteiger partial charge in [0.15, 0.2) is 5.43 Å². The molecule has 2 heterocycles. The Kier molecular flexibility index (Phi) is 3.52. The molecule has 0 aliphatic rings. The summed E-state index contributed by atoms with van der Waals surface area (Å²) in [6, 6.07) is 17.5. The summed E-state index contributed by atoms with van der Waals surface area (Å²) in [5.41, 5.74) is 4.93. The van der Waals surface area contributed by atoms with E-state index in [1.54, 1.807) is 30.5 Å². The average Bonchev–Trinajstić information content (AvgIpc) is 2.71. The second-order valence-corrected chi connectivity index (χ2v) is 6.65. The SMILES string of the molecule is O=c1ccc2oc3ccc(O)cc3c3cn(NCc4ccccc4)c(O)c1c23. The molecule has 0 bridgehead atoms. The molecule has 0 radical (unpaired) electrons. The van der Waals surface area contributed by atoms with Crippen LogP contribution in [0.3, 0.4) is 0 Å². The smallest absolute Gasteiger partial charge is 0.222 e. The third-order valence-corrected chi connectivity index (χ3v) is 4.88. The maximum Gasteiger partial charge on any atom is 0.222 e. The van der Waals surface area contributed by atoms with Crippen molar-refractivity contribution >= 4 is 32.7 Å². The van der Waals surface area contributed by atoms with Gasteiger partial charge in [-0.2, -0.15) is 0 Å². The van der Waals surface area contributed by atoms with Crippen molar-refractivity contribution in [1.82, 2.24) is 4.68 Å². The van der Waals surface area contributed by atoms with Crippen LogP contribution in [0.2, 0.25) is 0 Å². The van der Waals surface area contributed by atoms with E-state index in [-0.39, 0.29) is 22.4 Å². The number of aromatic hydroxyl groups is 2. The zero-order chi connectivity index (χ0) is 19.3. The summed E-state index contributed by atoms with van der Waals surface area (Å²) in [6.45, 7) is 0.460. The molecular formula is C22H16N2O4. The Morgan fingerprint density at radius 2 is 1.68 bits per heavy atom. The molecule has 0 fully saturated rings. The summed E-state index contributed by atoms with van der Waals surface area (Å²) in [6.07, 6.45) is 1.71. The molecule has 28 heavy (non-hydrogen) atoms. The molecule has 0 atom stereocenters. The van der Waals surface area contributed by atoms with Gasteiger partial charge in [0.1, 0.15) is 16.9 Å². The van der Waals surface area contributed by atoms with Crippen molar-refractivity contribution in [2.45, 2.75) is 6.54 Å². The van der Waals surface area contributed by atoms with Gasteiger partial charge < -0.3 is 20.1 Å². The fourth-order valence-corrected chi connectivity index (χ4v) is 3.55. The van der Waals surface area contributed by atoms with Crippen molar-refractivity contribution in [1.29, 1.82) is 0 Å². The third kappa shape index (κ3) is 2.46. The van der Waals surface area contributed by atoms with E-state index in [9.17, 15) is 15.0 Å². The Bertz CT molecular complexity index is 1400. The van der Waals surface area contributed by atoms with Crippen LogP contribution in [-0.4, -0.2) is 14.9 Å². The standard InChI is InChI=1S/C22H16N2O4/c25-14-6-8-18-15(10-14)16-12-24(23-11-13-4-2-1-3-5-13)22(27)21-17(26)7-9-19(28-18)20(16)21/h1-10,12,23,25,27H,11H2. The monoisotopic (exact) mass is 372 g/mol. The maximum absolute atomic E-state index is 12.5. The molecule has 0 unspecified atom stereocenters. The Balaban J connectivity index is 1.81. The van der Waals surface area contributed by atoms with Gasteiger partial charge in [-0.15, -0.1) is 0 Å². The van der Waals surface area contributed by atoms with Crippen LogP contribution in [0, 0.1) is 0 Å². The molecule has 0 amide bonds. The molecule has 6 heteroatoms. The van der Waals surface area contributed by atoms with Crippen molar-refractivity contribution in [3.05, 3.63) is 82.6 Å². The molecule has 2 aromatic heterocycles. The fourth-order valence-electron chi connectivity index (χ4n) is 3.55.